The van der Waals surface area contributed by atoms with Crippen molar-refractivity contribution in [2.75, 3.05) is 36.0 Å². The maximum atomic E-state index is 13.3. The number of hydrogen-bond acceptors (Lipinski definition) is 6. The third-order valence-electron chi connectivity index (χ3n) is 4.46. The number of anilines is 2. The Kier molecular flexibility index (Phi) is 4.72. The molecule has 3 aromatic rings. The van der Waals surface area contributed by atoms with Gasteiger partial charge in [0.1, 0.15) is 17.2 Å². The molecule has 0 radical (unpaired) electrons. The number of nitrogens with zero attached hydrogens (tertiary/aromatic N) is 6. The summed E-state index contributed by atoms with van der Waals surface area (Å²) in [5, 5.41) is 4.40. The molecule has 2 aromatic heterocycles. The van der Waals surface area contributed by atoms with E-state index < -0.39 is 5.95 Å². The quantitative estimate of drug-likeness (QED) is 0.642. The van der Waals surface area contributed by atoms with Crippen LogP contribution in [0.2, 0.25) is 5.02 Å². The smallest absolute Gasteiger partial charge is 0.292 e. The monoisotopic (exact) mass is 386 g/mol. The third kappa shape index (κ3) is 3.48. The van der Waals surface area contributed by atoms with Crippen molar-refractivity contribution in [3.63, 3.8) is 0 Å². The van der Waals surface area contributed by atoms with E-state index in [1.807, 2.05) is 28.0 Å². The molecule has 1 aliphatic rings. The van der Waals surface area contributed by atoms with Crippen LogP contribution in [0.1, 0.15) is 0 Å². The summed E-state index contributed by atoms with van der Waals surface area (Å²) in [5.41, 5.74) is 0.898. The van der Waals surface area contributed by atoms with Gasteiger partial charge in [-0.05, 0) is 12.1 Å². The molecule has 0 atom stereocenters. The number of rotatable bonds is 3. The number of aromatic nitrogens is 4. The molecule has 4 rings (SSSR count). The van der Waals surface area contributed by atoms with Crippen molar-refractivity contribution in [3.05, 3.63) is 70.2 Å². The Balaban J connectivity index is 1.53. The number of benzene rings is 1. The third-order valence-corrected chi connectivity index (χ3v) is 4.82. The molecule has 0 saturated carbocycles. The first-order valence-electron chi connectivity index (χ1n) is 8.44. The van der Waals surface area contributed by atoms with Crippen LogP contribution in [0.15, 0.2) is 53.7 Å². The minimum Gasteiger partial charge on any atom is -0.365 e. The number of hydrogen-bond donors (Lipinski definition) is 0. The molecule has 1 fully saturated rings. The van der Waals surface area contributed by atoms with Crippen LogP contribution in [-0.2, 0) is 0 Å². The molecule has 0 N–H and O–H groups in total. The van der Waals surface area contributed by atoms with E-state index in [-0.39, 0.29) is 10.6 Å². The first kappa shape index (κ1) is 17.4. The Morgan fingerprint density at radius 2 is 1.70 bits per heavy atom. The van der Waals surface area contributed by atoms with E-state index >= 15 is 0 Å². The van der Waals surface area contributed by atoms with Crippen LogP contribution >= 0.6 is 11.6 Å². The van der Waals surface area contributed by atoms with E-state index in [1.165, 1.54) is 17.1 Å². The zero-order chi connectivity index (χ0) is 18.8. The standard InChI is InChI=1S/C18H16ClFN6O/c19-17-14(11-23-26(18(17)27)13-4-2-1-3-5-13)24-6-8-25(9-7-24)16-10-15(20)21-12-22-16/h1-5,10-12H,6-9H2. The maximum absolute atomic E-state index is 13.3. The molecule has 9 heteroatoms. The van der Waals surface area contributed by atoms with E-state index in [0.29, 0.717) is 43.4 Å². The Morgan fingerprint density at radius 3 is 2.41 bits per heavy atom. The molecular weight excluding hydrogens is 371 g/mol. The Bertz CT molecular complexity index is 1000. The van der Waals surface area contributed by atoms with Crippen LogP contribution in [0.4, 0.5) is 15.9 Å². The Morgan fingerprint density at radius 1 is 1.00 bits per heavy atom. The minimum atomic E-state index is -0.556. The van der Waals surface area contributed by atoms with E-state index in [2.05, 4.69) is 15.1 Å². The maximum Gasteiger partial charge on any atom is 0.292 e. The van der Waals surface area contributed by atoms with Gasteiger partial charge >= 0.3 is 0 Å². The highest BCUT2D eigenvalue weighted by atomic mass is 35.5. The van der Waals surface area contributed by atoms with Crippen molar-refractivity contribution >= 4 is 23.1 Å². The van der Waals surface area contributed by atoms with E-state index in [9.17, 15) is 9.18 Å². The first-order valence-corrected chi connectivity index (χ1v) is 8.82. The van der Waals surface area contributed by atoms with Crippen molar-refractivity contribution in [3.8, 4) is 5.69 Å². The molecule has 3 heterocycles. The predicted octanol–water partition coefficient (Wildman–Crippen LogP) is 2.14. The van der Waals surface area contributed by atoms with Gasteiger partial charge in [0.15, 0.2) is 0 Å². The number of piperazine rings is 1. The fourth-order valence-corrected chi connectivity index (χ4v) is 3.32. The lowest BCUT2D eigenvalue weighted by Gasteiger charge is -2.36. The molecule has 0 spiro atoms. The Labute approximate surface area is 159 Å². The average Bonchev–Trinajstić information content (AvgIpc) is 2.71. The van der Waals surface area contributed by atoms with Gasteiger partial charge in [-0.3, -0.25) is 4.79 Å². The zero-order valence-electron chi connectivity index (χ0n) is 14.3. The number of halogens is 2. The molecule has 1 aliphatic heterocycles. The van der Waals surface area contributed by atoms with Crippen LogP contribution in [0.25, 0.3) is 5.69 Å². The molecule has 0 aliphatic carbocycles. The van der Waals surface area contributed by atoms with Gasteiger partial charge in [0, 0.05) is 32.2 Å². The zero-order valence-corrected chi connectivity index (χ0v) is 15.1. The van der Waals surface area contributed by atoms with Crippen molar-refractivity contribution in [2.24, 2.45) is 0 Å². The van der Waals surface area contributed by atoms with E-state index in [4.69, 9.17) is 11.6 Å². The largest absolute Gasteiger partial charge is 0.365 e. The topological polar surface area (TPSA) is 67.2 Å². The normalized spacial score (nSPS) is 14.4. The molecule has 7 nitrogen and oxygen atoms in total. The van der Waals surface area contributed by atoms with Crippen LogP contribution in [-0.4, -0.2) is 45.9 Å². The second kappa shape index (κ2) is 7.32. The molecule has 1 saturated heterocycles. The van der Waals surface area contributed by atoms with Crippen LogP contribution in [0.3, 0.4) is 0 Å². The molecule has 138 valence electrons. The van der Waals surface area contributed by atoms with Gasteiger partial charge in [0.05, 0.1) is 17.6 Å². The molecule has 0 unspecified atom stereocenters. The van der Waals surface area contributed by atoms with Crippen molar-refractivity contribution in [1.82, 2.24) is 19.7 Å². The van der Waals surface area contributed by atoms with Gasteiger partial charge in [-0.1, -0.05) is 29.8 Å². The summed E-state index contributed by atoms with van der Waals surface area (Å²) in [7, 11) is 0. The summed E-state index contributed by atoms with van der Waals surface area (Å²) in [6.45, 7) is 2.47. The molecular formula is C18H16ClFN6O. The van der Waals surface area contributed by atoms with Gasteiger partial charge in [0.2, 0.25) is 5.95 Å². The fourth-order valence-electron chi connectivity index (χ4n) is 3.07. The van der Waals surface area contributed by atoms with Crippen LogP contribution < -0.4 is 15.4 Å². The van der Waals surface area contributed by atoms with Gasteiger partial charge in [0.25, 0.3) is 5.56 Å². The molecule has 0 bridgehead atoms. The molecule has 0 amide bonds. The second-order valence-electron chi connectivity index (χ2n) is 6.07. The van der Waals surface area contributed by atoms with Gasteiger partial charge < -0.3 is 9.80 Å². The number of para-hydroxylation sites is 1. The Hall–Kier alpha value is -3.00. The SMILES string of the molecule is O=c1c(Cl)c(N2CCN(c3cc(F)ncn3)CC2)cnn1-c1ccccc1. The predicted molar refractivity (Wildman–Crippen MR) is 101 cm³/mol. The summed E-state index contributed by atoms with van der Waals surface area (Å²) in [4.78, 5) is 24.2. The van der Waals surface area contributed by atoms with Crippen molar-refractivity contribution < 1.29 is 4.39 Å². The first-order chi connectivity index (χ1) is 13.1. The van der Waals surface area contributed by atoms with Gasteiger partial charge in [-0.25, -0.2) is 9.97 Å². The highest BCUT2D eigenvalue weighted by Gasteiger charge is 2.22. The summed E-state index contributed by atoms with van der Waals surface area (Å²) in [5.74, 6) is -0.00920. The molecule has 27 heavy (non-hydrogen) atoms. The lowest BCUT2D eigenvalue weighted by molar-refractivity contribution is 0.574. The van der Waals surface area contributed by atoms with Crippen LogP contribution in [0, 0.1) is 5.95 Å². The van der Waals surface area contributed by atoms with E-state index in [1.54, 1.807) is 18.3 Å². The van der Waals surface area contributed by atoms with Crippen LogP contribution in [0.5, 0.6) is 0 Å². The highest BCUT2D eigenvalue weighted by molar-refractivity contribution is 6.33. The summed E-state index contributed by atoms with van der Waals surface area (Å²) >= 11 is 6.36. The van der Waals surface area contributed by atoms with Gasteiger partial charge in [-0.15, -0.1) is 0 Å². The van der Waals surface area contributed by atoms with E-state index in [0.717, 1.165) is 0 Å². The average molecular weight is 387 g/mol. The summed E-state index contributed by atoms with van der Waals surface area (Å²) in [6, 6.07) is 10.4. The lowest BCUT2D eigenvalue weighted by atomic mass is 10.2. The van der Waals surface area contributed by atoms with Crippen molar-refractivity contribution in [1.29, 1.82) is 0 Å². The summed E-state index contributed by atoms with van der Waals surface area (Å²) < 4.78 is 14.6. The lowest BCUT2D eigenvalue weighted by Crippen LogP contribution is -2.47. The molecule has 1 aromatic carbocycles. The minimum absolute atomic E-state index is 0.135. The van der Waals surface area contributed by atoms with Gasteiger partial charge in [-0.2, -0.15) is 14.2 Å². The fraction of sp³-hybridized carbons (Fsp3) is 0.222. The second-order valence-corrected chi connectivity index (χ2v) is 6.45. The summed E-state index contributed by atoms with van der Waals surface area (Å²) in [6.07, 6.45) is 2.82. The highest BCUT2D eigenvalue weighted by Crippen LogP contribution is 2.24. The van der Waals surface area contributed by atoms with Crippen molar-refractivity contribution in [2.45, 2.75) is 0 Å².